The van der Waals surface area contributed by atoms with Crippen LogP contribution in [-0.2, 0) is 11.2 Å². The second kappa shape index (κ2) is 9.59. The molecule has 2 aromatic carbocycles. The number of aryl methyl sites for hydroxylation is 1. The molecule has 0 saturated carbocycles. The maximum absolute atomic E-state index is 12.6. The van der Waals surface area contributed by atoms with Gasteiger partial charge in [0, 0.05) is 19.5 Å². The van der Waals surface area contributed by atoms with Gasteiger partial charge in [0.1, 0.15) is 0 Å². The van der Waals surface area contributed by atoms with Crippen molar-refractivity contribution in [3.63, 3.8) is 0 Å². The first-order valence-electron chi connectivity index (χ1n) is 8.48. The summed E-state index contributed by atoms with van der Waals surface area (Å²) < 4.78 is 0. The van der Waals surface area contributed by atoms with Crippen molar-refractivity contribution < 1.29 is 9.59 Å². The summed E-state index contributed by atoms with van der Waals surface area (Å²) in [5, 5.41) is 8.71. The molecular formula is C20H25N3O2. The Bertz CT molecular complexity index is 714. The van der Waals surface area contributed by atoms with E-state index in [-0.39, 0.29) is 11.8 Å². The van der Waals surface area contributed by atoms with Crippen molar-refractivity contribution in [2.75, 3.05) is 25.5 Å². The molecule has 0 aliphatic carbocycles. The molecule has 0 aliphatic rings. The number of benzene rings is 2. The summed E-state index contributed by atoms with van der Waals surface area (Å²) in [6, 6.07) is 15.5. The molecule has 0 spiro atoms. The topological polar surface area (TPSA) is 70.2 Å². The fourth-order valence-corrected chi connectivity index (χ4v) is 2.58. The second-order valence-corrected chi connectivity index (χ2v) is 5.89. The zero-order valence-corrected chi connectivity index (χ0v) is 14.8. The summed E-state index contributed by atoms with van der Waals surface area (Å²) in [5.41, 5.74) is 3.09. The van der Waals surface area contributed by atoms with Gasteiger partial charge in [-0.1, -0.05) is 42.5 Å². The first kappa shape index (κ1) is 18.7. The molecule has 0 saturated heterocycles. The summed E-state index contributed by atoms with van der Waals surface area (Å²) in [6.45, 7) is 3.01. The van der Waals surface area contributed by atoms with Crippen LogP contribution in [-0.4, -0.2) is 32.0 Å². The van der Waals surface area contributed by atoms with E-state index in [0.717, 1.165) is 12.0 Å². The summed E-state index contributed by atoms with van der Waals surface area (Å²) in [7, 11) is 1.80. The van der Waals surface area contributed by atoms with Crippen molar-refractivity contribution in [2.24, 2.45) is 0 Å². The Kier molecular flexibility index (Phi) is 7.16. The fourth-order valence-electron chi connectivity index (χ4n) is 2.58. The van der Waals surface area contributed by atoms with Crippen LogP contribution in [0.2, 0.25) is 0 Å². The number of nitrogens with one attached hydrogen (secondary N) is 3. The van der Waals surface area contributed by atoms with Crippen molar-refractivity contribution >= 4 is 17.5 Å². The van der Waals surface area contributed by atoms with Gasteiger partial charge in [0.15, 0.2) is 0 Å². The van der Waals surface area contributed by atoms with E-state index in [2.05, 4.69) is 16.0 Å². The van der Waals surface area contributed by atoms with Crippen LogP contribution in [0, 0.1) is 6.92 Å². The highest BCUT2D eigenvalue weighted by molar-refractivity contribution is 6.04. The monoisotopic (exact) mass is 339 g/mol. The van der Waals surface area contributed by atoms with E-state index in [0.29, 0.717) is 30.8 Å². The molecule has 5 heteroatoms. The molecule has 132 valence electrons. The first-order valence-corrected chi connectivity index (χ1v) is 8.48. The third-order valence-corrected chi connectivity index (χ3v) is 3.92. The second-order valence-electron chi connectivity index (χ2n) is 5.89. The maximum atomic E-state index is 12.6. The molecule has 0 heterocycles. The van der Waals surface area contributed by atoms with Gasteiger partial charge in [-0.2, -0.15) is 0 Å². The van der Waals surface area contributed by atoms with Gasteiger partial charge >= 0.3 is 0 Å². The fraction of sp³-hybridized carbons (Fsp3) is 0.300. The lowest BCUT2D eigenvalue weighted by Crippen LogP contribution is -2.28. The molecule has 0 atom stereocenters. The van der Waals surface area contributed by atoms with Crippen LogP contribution in [0.5, 0.6) is 0 Å². The first-order chi connectivity index (χ1) is 12.1. The number of anilines is 1. The standard InChI is InChI=1S/C20H25N3O2/c1-15-7-6-10-17(23-18(24)12-13-21-2)19(15)20(25)22-14-11-16-8-4-3-5-9-16/h3-10,21H,11-14H2,1-2H3,(H,22,25)(H,23,24). The molecule has 0 aromatic heterocycles. The predicted octanol–water partition coefficient (Wildman–Crippen LogP) is 2.52. The number of carbonyl (C=O) groups is 2. The third-order valence-electron chi connectivity index (χ3n) is 3.92. The van der Waals surface area contributed by atoms with E-state index in [1.165, 1.54) is 5.56 Å². The summed E-state index contributed by atoms with van der Waals surface area (Å²) in [4.78, 5) is 24.6. The highest BCUT2D eigenvalue weighted by Gasteiger charge is 2.15. The minimum Gasteiger partial charge on any atom is -0.352 e. The zero-order chi connectivity index (χ0) is 18.1. The van der Waals surface area contributed by atoms with E-state index >= 15 is 0 Å². The van der Waals surface area contributed by atoms with Gasteiger partial charge in [0.05, 0.1) is 11.3 Å². The molecule has 0 bridgehead atoms. The van der Waals surface area contributed by atoms with Gasteiger partial charge < -0.3 is 16.0 Å². The molecule has 3 N–H and O–H groups in total. The van der Waals surface area contributed by atoms with Crippen LogP contribution >= 0.6 is 0 Å². The molecular weight excluding hydrogens is 314 g/mol. The normalized spacial score (nSPS) is 10.3. The average Bonchev–Trinajstić information content (AvgIpc) is 2.61. The molecule has 0 radical (unpaired) electrons. The van der Waals surface area contributed by atoms with Crippen LogP contribution in [0.4, 0.5) is 5.69 Å². The van der Waals surface area contributed by atoms with Crippen molar-refractivity contribution in [2.45, 2.75) is 19.8 Å². The largest absolute Gasteiger partial charge is 0.352 e. The van der Waals surface area contributed by atoms with Crippen LogP contribution in [0.1, 0.15) is 27.9 Å². The number of carbonyl (C=O) groups excluding carboxylic acids is 2. The zero-order valence-electron chi connectivity index (χ0n) is 14.8. The van der Waals surface area contributed by atoms with Crippen LogP contribution in [0.25, 0.3) is 0 Å². The maximum Gasteiger partial charge on any atom is 0.253 e. The number of rotatable bonds is 8. The lowest BCUT2D eigenvalue weighted by molar-refractivity contribution is -0.116. The smallest absolute Gasteiger partial charge is 0.253 e. The van der Waals surface area contributed by atoms with Crippen LogP contribution in [0.15, 0.2) is 48.5 Å². The summed E-state index contributed by atoms with van der Waals surface area (Å²) in [5.74, 6) is -0.281. The Morgan fingerprint density at radius 2 is 1.72 bits per heavy atom. The van der Waals surface area contributed by atoms with Crippen LogP contribution in [0.3, 0.4) is 0 Å². The SMILES string of the molecule is CNCCC(=O)Nc1cccc(C)c1C(=O)NCCc1ccccc1. The minimum absolute atomic E-state index is 0.113. The molecule has 0 aliphatic heterocycles. The Balaban J connectivity index is 2.01. The van der Waals surface area contributed by atoms with E-state index < -0.39 is 0 Å². The van der Waals surface area contributed by atoms with Crippen molar-refractivity contribution in [3.05, 3.63) is 65.2 Å². The summed E-state index contributed by atoms with van der Waals surface area (Å²) in [6.07, 6.45) is 1.13. The number of amides is 2. The molecule has 5 nitrogen and oxygen atoms in total. The van der Waals surface area contributed by atoms with E-state index in [1.54, 1.807) is 13.1 Å². The van der Waals surface area contributed by atoms with Gasteiger partial charge in [-0.05, 0) is 37.6 Å². The molecule has 0 unspecified atom stereocenters. The Labute approximate surface area is 148 Å². The highest BCUT2D eigenvalue weighted by atomic mass is 16.2. The molecule has 2 aromatic rings. The lowest BCUT2D eigenvalue weighted by Gasteiger charge is -2.14. The van der Waals surface area contributed by atoms with E-state index in [1.807, 2.05) is 49.4 Å². The molecule has 25 heavy (non-hydrogen) atoms. The Morgan fingerprint density at radius 3 is 2.44 bits per heavy atom. The van der Waals surface area contributed by atoms with E-state index in [9.17, 15) is 9.59 Å². The van der Waals surface area contributed by atoms with Crippen molar-refractivity contribution in [3.8, 4) is 0 Å². The van der Waals surface area contributed by atoms with Gasteiger partial charge in [-0.15, -0.1) is 0 Å². The van der Waals surface area contributed by atoms with Gasteiger partial charge in [0.25, 0.3) is 5.91 Å². The molecule has 2 rings (SSSR count). The quantitative estimate of drug-likeness (QED) is 0.692. The predicted molar refractivity (Wildman–Crippen MR) is 101 cm³/mol. The Morgan fingerprint density at radius 1 is 0.960 bits per heavy atom. The van der Waals surface area contributed by atoms with Gasteiger partial charge in [0.2, 0.25) is 5.91 Å². The highest BCUT2D eigenvalue weighted by Crippen LogP contribution is 2.19. The van der Waals surface area contributed by atoms with Gasteiger partial charge in [-0.25, -0.2) is 0 Å². The number of hydrogen-bond acceptors (Lipinski definition) is 3. The lowest BCUT2D eigenvalue weighted by atomic mass is 10.1. The molecule has 2 amide bonds. The Hall–Kier alpha value is -2.66. The minimum atomic E-state index is -0.169. The molecule has 0 fully saturated rings. The number of hydrogen-bond donors (Lipinski definition) is 3. The van der Waals surface area contributed by atoms with Crippen LogP contribution < -0.4 is 16.0 Å². The van der Waals surface area contributed by atoms with Crippen molar-refractivity contribution in [1.29, 1.82) is 0 Å². The van der Waals surface area contributed by atoms with Gasteiger partial charge in [-0.3, -0.25) is 9.59 Å². The van der Waals surface area contributed by atoms with E-state index in [4.69, 9.17) is 0 Å². The summed E-state index contributed by atoms with van der Waals surface area (Å²) >= 11 is 0. The average molecular weight is 339 g/mol. The third kappa shape index (κ3) is 5.72. The van der Waals surface area contributed by atoms with Crippen molar-refractivity contribution in [1.82, 2.24) is 10.6 Å².